The van der Waals surface area contributed by atoms with Gasteiger partial charge in [-0.2, -0.15) is 0 Å². The van der Waals surface area contributed by atoms with Crippen LogP contribution >= 0.6 is 23.4 Å². The summed E-state index contributed by atoms with van der Waals surface area (Å²) in [6, 6.07) is 6.15. The van der Waals surface area contributed by atoms with Crippen LogP contribution in [0.3, 0.4) is 0 Å². The molecule has 1 fully saturated rings. The van der Waals surface area contributed by atoms with Crippen LogP contribution in [-0.4, -0.2) is 39.7 Å². The number of hydrogen-bond donors (Lipinski definition) is 2. The first-order chi connectivity index (χ1) is 12.6. The van der Waals surface area contributed by atoms with Gasteiger partial charge in [0.2, 0.25) is 0 Å². The Bertz CT molecular complexity index is 818. The van der Waals surface area contributed by atoms with Crippen molar-refractivity contribution in [2.75, 3.05) is 18.8 Å². The Labute approximate surface area is 162 Å². The number of nitrogens with one attached hydrogen (secondary N) is 2. The monoisotopic (exact) mass is 391 g/mol. The summed E-state index contributed by atoms with van der Waals surface area (Å²) in [6.07, 6.45) is 2.90. The van der Waals surface area contributed by atoms with Crippen LogP contribution in [0.2, 0.25) is 5.02 Å². The maximum Gasteiger partial charge on any atom is 0.274 e. The maximum atomic E-state index is 12.8. The molecule has 138 valence electrons. The van der Waals surface area contributed by atoms with Gasteiger partial charge in [-0.05, 0) is 63.0 Å². The maximum absolute atomic E-state index is 12.8. The number of rotatable bonds is 3. The summed E-state index contributed by atoms with van der Waals surface area (Å²) in [5, 5.41) is 15.6. The van der Waals surface area contributed by atoms with Gasteiger partial charge in [-0.1, -0.05) is 16.8 Å². The van der Waals surface area contributed by atoms with Crippen LogP contribution in [0, 0.1) is 6.92 Å². The molecule has 6 nitrogen and oxygen atoms in total. The van der Waals surface area contributed by atoms with Gasteiger partial charge in [-0.15, -0.1) is 16.9 Å². The van der Waals surface area contributed by atoms with Gasteiger partial charge in [0.25, 0.3) is 5.91 Å². The van der Waals surface area contributed by atoms with E-state index in [9.17, 15) is 4.79 Å². The van der Waals surface area contributed by atoms with Crippen molar-refractivity contribution >= 4 is 29.3 Å². The first-order valence-electron chi connectivity index (χ1n) is 8.99. The highest BCUT2D eigenvalue weighted by Crippen LogP contribution is 2.37. The lowest BCUT2D eigenvalue weighted by Crippen LogP contribution is -2.32. The fraction of sp³-hybridized carbons (Fsp3) is 0.500. The Hall–Kier alpha value is -1.57. The van der Waals surface area contributed by atoms with Crippen LogP contribution in [0.1, 0.15) is 53.1 Å². The summed E-state index contributed by atoms with van der Waals surface area (Å²) < 4.78 is 1.91. The lowest BCUT2D eigenvalue weighted by atomic mass is 10.0. The van der Waals surface area contributed by atoms with E-state index in [4.69, 9.17) is 11.6 Å². The zero-order chi connectivity index (χ0) is 18.1. The van der Waals surface area contributed by atoms with E-state index in [0.29, 0.717) is 16.8 Å². The van der Waals surface area contributed by atoms with E-state index < -0.39 is 0 Å². The number of carbonyl (C=O) groups is 1. The average Bonchev–Trinajstić information content (AvgIpc) is 3.04. The van der Waals surface area contributed by atoms with Crippen LogP contribution in [0.4, 0.5) is 0 Å². The predicted molar refractivity (Wildman–Crippen MR) is 103 cm³/mol. The predicted octanol–water partition coefficient (Wildman–Crippen LogP) is 3.13. The summed E-state index contributed by atoms with van der Waals surface area (Å²) in [5.74, 6) is 0.811. The number of benzene rings is 1. The van der Waals surface area contributed by atoms with E-state index in [-0.39, 0.29) is 11.9 Å². The molecule has 1 aromatic heterocycles. The van der Waals surface area contributed by atoms with E-state index in [0.717, 1.165) is 49.4 Å². The Kier molecular flexibility index (Phi) is 5.20. The molecule has 1 saturated heterocycles. The van der Waals surface area contributed by atoms with Crippen molar-refractivity contribution < 1.29 is 4.79 Å². The highest BCUT2D eigenvalue weighted by Gasteiger charge is 2.27. The molecule has 2 aliphatic heterocycles. The second-order valence-corrected chi connectivity index (χ2v) is 8.37. The standard InChI is InChI=1S/C18H22ClN5OS/c1-11-17(22-23-24(11)13-4-7-20-8-5-13)18(25)21-15-6-9-26-16-3-2-12(19)10-14(15)16/h2-3,10,13,15,20H,4-9H2,1H3,(H,21,25). The Morgan fingerprint density at radius 2 is 2.15 bits per heavy atom. The normalized spacial score (nSPS) is 20.6. The van der Waals surface area contributed by atoms with Crippen molar-refractivity contribution in [3.63, 3.8) is 0 Å². The number of piperidine rings is 1. The quantitative estimate of drug-likeness (QED) is 0.841. The third-order valence-electron chi connectivity index (χ3n) is 5.11. The van der Waals surface area contributed by atoms with Crippen molar-refractivity contribution in [1.29, 1.82) is 0 Å². The number of carbonyl (C=O) groups excluding carboxylic acids is 1. The molecule has 26 heavy (non-hydrogen) atoms. The first kappa shape index (κ1) is 17.8. The highest BCUT2D eigenvalue weighted by molar-refractivity contribution is 7.99. The van der Waals surface area contributed by atoms with E-state index in [2.05, 4.69) is 20.9 Å². The van der Waals surface area contributed by atoms with E-state index in [1.165, 1.54) is 4.90 Å². The van der Waals surface area contributed by atoms with Gasteiger partial charge in [0.05, 0.1) is 17.8 Å². The minimum atomic E-state index is -0.162. The van der Waals surface area contributed by atoms with E-state index >= 15 is 0 Å². The molecule has 0 spiro atoms. The molecule has 2 N–H and O–H groups in total. The highest BCUT2D eigenvalue weighted by atomic mass is 35.5. The molecule has 0 radical (unpaired) electrons. The van der Waals surface area contributed by atoms with Gasteiger partial charge in [-0.25, -0.2) is 4.68 Å². The number of thioether (sulfide) groups is 1. The Morgan fingerprint density at radius 1 is 1.35 bits per heavy atom. The van der Waals surface area contributed by atoms with Crippen LogP contribution in [0.25, 0.3) is 0 Å². The van der Waals surface area contributed by atoms with Crippen molar-refractivity contribution in [3.8, 4) is 0 Å². The van der Waals surface area contributed by atoms with Crippen LogP contribution in [0.5, 0.6) is 0 Å². The van der Waals surface area contributed by atoms with Crippen LogP contribution in [-0.2, 0) is 0 Å². The van der Waals surface area contributed by atoms with Gasteiger partial charge in [0, 0.05) is 15.7 Å². The van der Waals surface area contributed by atoms with Gasteiger partial charge in [-0.3, -0.25) is 4.79 Å². The summed E-state index contributed by atoms with van der Waals surface area (Å²) in [7, 11) is 0. The van der Waals surface area contributed by atoms with E-state index in [1.54, 1.807) is 11.8 Å². The molecule has 0 bridgehead atoms. The minimum Gasteiger partial charge on any atom is -0.344 e. The van der Waals surface area contributed by atoms with Crippen molar-refractivity contribution in [2.45, 2.75) is 43.2 Å². The van der Waals surface area contributed by atoms with Crippen LogP contribution in [0.15, 0.2) is 23.1 Å². The molecule has 1 amide bonds. The fourth-order valence-corrected chi connectivity index (χ4v) is 4.98. The Morgan fingerprint density at radius 3 is 2.96 bits per heavy atom. The average molecular weight is 392 g/mol. The van der Waals surface area contributed by atoms with Crippen LogP contribution < -0.4 is 10.6 Å². The molecular weight excluding hydrogens is 370 g/mol. The van der Waals surface area contributed by atoms with Crippen molar-refractivity contribution in [2.24, 2.45) is 0 Å². The van der Waals surface area contributed by atoms with Gasteiger partial charge >= 0.3 is 0 Å². The molecule has 2 aliphatic rings. The minimum absolute atomic E-state index is 0.0409. The topological polar surface area (TPSA) is 71.8 Å². The molecular formula is C18H22ClN5OS. The Balaban J connectivity index is 1.53. The number of halogens is 1. The number of hydrogen-bond acceptors (Lipinski definition) is 5. The van der Waals surface area contributed by atoms with E-state index in [1.807, 2.05) is 29.8 Å². The third-order valence-corrected chi connectivity index (χ3v) is 6.47. The molecule has 1 atom stereocenters. The zero-order valence-electron chi connectivity index (χ0n) is 14.7. The lowest BCUT2D eigenvalue weighted by Gasteiger charge is -2.26. The number of aromatic nitrogens is 3. The molecule has 1 unspecified atom stereocenters. The fourth-order valence-electron chi connectivity index (χ4n) is 3.69. The molecule has 3 heterocycles. The van der Waals surface area contributed by atoms with Gasteiger partial charge in [0.15, 0.2) is 5.69 Å². The number of nitrogens with zero attached hydrogens (tertiary/aromatic N) is 3. The van der Waals surface area contributed by atoms with Gasteiger partial charge in [0.1, 0.15) is 0 Å². The molecule has 0 aliphatic carbocycles. The number of amides is 1. The molecule has 0 saturated carbocycles. The summed E-state index contributed by atoms with van der Waals surface area (Å²) in [6.45, 7) is 3.88. The largest absolute Gasteiger partial charge is 0.344 e. The summed E-state index contributed by atoms with van der Waals surface area (Å²) in [5.41, 5.74) is 2.35. The number of fused-ring (bicyclic) bond motifs is 1. The molecule has 8 heteroatoms. The third kappa shape index (κ3) is 3.48. The second-order valence-electron chi connectivity index (χ2n) is 6.79. The van der Waals surface area contributed by atoms with Gasteiger partial charge < -0.3 is 10.6 Å². The zero-order valence-corrected chi connectivity index (χ0v) is 16.2. The summed E-state index contributed by atoms with van der Waals surface area (Å²) in [4.78, 5) is 14.0. The molecule has 1 aromatic carbocycles. The first-order valence-corrected chi connectivity index (χ1v) is 10.4. The smallest absolute Gasteiger partial charge is 0.274 e. The van der Waals surface area contributed by atoms with Crippen molar-refractivity contribution in [3.05, 3.63) is 40.2 Å². The molecule has 4 rings (SSSR count). The van der Waals surface area contributed by atoms with Crippen molar-refractivity contribution in [1.82, 2.24) is 25.6 Å². The molecule has 2 aromatic rings. The second kappa shape index (κ2) is 7.58. The summed E-state index contributed by atoms with van der Waals surface area (Å²) >= 11 is 7.96. The lowest BCUT2D eigenvalue weighted by molar-refractivity contribution is 0.0929. The SMILES string of the molecule is Cc1c(C(=O)NC2CCSc3ccc(Cl)cc32)nnn1C1CCNCC1.